The molecule has 3 heteroatoms. The monoisotopic (exact) mass is 350 g/mol. The Bertz CT molecular complexity index is 470. The van der Waals surface area contributed by atoms with Crippen molar-refractivity contribution in [2.24, 2.45) is 0 Å². The van der Waals surface area contributed by atoms with Gasteiger partial charge in [-0.15, -0.1) is 0 Å². The Morgan fingerprint density at radius 3 is 2.81 bits per heavy atom. The summed E-state index contributed by atoms with van der Waals surface area (Å²) in [7, 11) is 0. The van der Waals surface area contributed by atoms with Gasteiger partial charge in [-0.1, -0.05) is 40.9 Å². The molecule has 1 N–H and O–H groups in total. The van der Waals surface area contributed by atoms with Gasteiger partial charge in [0.25, 0.3) is 0 Å². The van der Waals surface area contributed by atoms with E-state index in [2.05, 4.69) is 51.3 Å². The quantitative estimate of drug-likeness (QED) is 0.842. The average molecular weight is 351 g/mol. The molecule has 21 heavy (non-hydrogen) atoms. The lowest BCUT2D eigenvalue weighted by molar-refractivity contribution is 0.204. The van der Waals surface area contributed by atoms with Crippen molar-refractivity contribution in [3.8, 4) is 0 Å². The van der Waals surface area contributed by atoms with E-state index in [1.54, 1.807) is 0 Å². The molecule has 0 radical (unpaired) electrons. The third-order valence-electron chi connectivity index (χ3n) is 4.85. The zero-order valence-electron chi connectivity index (χ0n) is 13.1. The van der Waals surface area contributed by atoms with Crippen molar-refractivity contribution in [2.75, 3.05) is 6.54 Å². The molecule has 2 aliphatic rings. The van der Waals surface area contributed by atoms with Crippen molar-refractivity contribution in [1.29, 1.82) is 0 Å². The zero-order valence-corrected chi connectivity index (χ0v) is 14.7. The number of nitrogens with zero attached hydrogens (tertiary/aromatic N) is 1. The maximum atomic E-state index is 3.78. The summed E-state index contributed by atoms with van der Waals surface area (Å²) in [4.78, 5) is 2.65. The number of hydrogen-bond donors (Lipinski definition) is 1. The van der Waals surface area contributed by atoms with Crippen LogP contribution in [0.4, 0.5) is 0 Å². The lowest BCUT2D eigenvalue weighted by atomic mass is 10.1. The first-order valence-electron chi connectivity index (χ1n) is 8.47. The molecule has 0 spiro atoms. The molecule has 116 valence electrons. The van der Waals surface area contributed by atoms with E-state index in [9.17, 15) is 0 Å². The van der Waals surface area contributed by atoms with Crippen LogP contribution >= 0.6 is 15.9 Å². The summed E-state index contributed by atoms with van der Waals surface area (Å²) in [5.74, 6) is 0. The summed E-state index contributed by atoms with van der Waals surface area (Å²) in [6.45, 7) is 5.72. The minimum atomic E-state index is 0.718. The minimum absolute atomic E-state index is 0.718. The van der Waals surface area contributed by atoms with Crippen LogP contribution in [0.2, 0.25) is 0 Å². The first-order chi connectivity index (χ1) is 10.2. The van der Waals surface area contributed by atoms with E-state index in [-0.39, 0.29) is 0 Å². The summed E-state index contributed by atoms with van der Waals surface area (Å²) >= 11 is 3.78. The molecule has 3 rings (SSSR count). The first-order valence-corrected chi connectivity index (χ1v) is 9.26. The van der Waals surface area contributed by atoms with Crippen molar-refractivity contribution >= 4 is 15.9 Å². The van der Waals surface area contributed by atoms with E-state index in [1.165, 1.54) is 60.7 Å². The Kier molecular flexibility index (Phi) is 5.36. The van der Waals surface area contributed by atoms with Crippen LogP contribution in [-0.2, 0) is 13.1 Å². The molecule has 1 saturated carbocycles. The van der Waals surface area contributed by atoms with Gasteiger partial charge in [0.15, 0.2) is 0 Å². The Balaban J connectivity index is 1.61. The second kappa shape index (κ2) is 7.26. The van der Waals surface area contributed by atoms with Gasteiger partial charge in [-0.3, -0.25) is 4.90 Å². The molecule has 1 aliphatic heterocycles. The minimum Gasteiger partial charge on any atom is -0.310 e. The van der Waals surface area contributed by atoms with Crippen molar-refractivity contribution in [2.45, 2.75) is 70.6 Å². The van der Waals surface area contributed by atoms with Crippen molar-refractivity contribution in [1.82, 2.24) is 10.2 Å². The standard InChI is InChI=1S/C18H27BrN2/c1-14-5-3-2-4-10-21(14)13-16-7-6-15(11-18(16)19)12-20-17-8-9-17/h6-7,11,14,17,20H,2-5,8-10,12-13H2,1H3. The van der Waals surface area contributed by atoms with Gasteiger partial charge >= 0.3 is 0 Å². The second-order valence-electron chi connectivity index (χ2n) is 6.75. The number of likely N-dealkylation sites (tertiary alicyclic amines) is 1. The van der Waals surface area contributed by atoms with Crippen LogP contribution in [0, 0.1) is 0 Å². The number of halogens is 1. The van der Waals surface area contributed by atoms with E-state index in [1.807, 2.05) is 0 Å². The molecule has 1 saturated heterocycles. The fourth-order valence-electron chi connectivity index (χ4n) is 3.17. The lowest BCUT2D eigenvalue weighted by Crippen LogP contribution is -2.32. The van der Waals surface area contributed by atoms with E-state index < -0.39 is 0 Å². The molecule has 1 aromatic carbocycles. The largest absolute Gasteiger partial charge is 0.310 e. The molecule has 1 aromatic rings. The highest BCUT2D eigenvalue weighted by molar-refractivity contribution is 9.10. The molecular weight excluding hydrogens is 324 g/mol. The first kappa shape index (κ1) is 15.5. The van der Waals surface area contributed by atoms with Crippen molar-refractivity contribution in [3.63, 3.8) is 0 Å². The molecule has 1 heterocycles. The summed E-state index contributed by atoms with van der Waals surface area (Å²) in [6, 6.07) is 8.40. The highest BCUT2D eigenvalue weighted by Gasteiger charge is 2.20. The highest BCUT2D eigenvalue weighted by Crippen LogP contribution is 2.25. The van der Waals surface area contributed by atoms with E-state index in [4.69, 9.17) is 0 Å². The second-order valence-corrected chi connectivity index (χ2v) is 7.60. The molecule has 1 aliphatic carbocycles. The SMILES string of the molecule is CC1CCCCCN1Cc1ccc(CNC2CC2)cc1Br. The molecule has 0 bridgehead atoms. The van der Waals surface area contributed by atoms with Gasteiger partial charge in [0.1, 0.15) is 0 Å². The third kappa shape index (κ3) is 4.54. The van der Waals surface area contributed by atoms with Gasteiger partial charge in [-0.2, -0.15) is 0 Å². The van der Waals surface area contributed by atoms with Crippen molar-refractivity contribution < 1.29 is 0 Å². The number of nitrogens with one attached hydrogen (secondary N) is 1. The third-order valence-corrected chi connectivity index (χ3v) is 5.59. The van der Waals surface area contributed by atoms with Gasteiger partial charge in [0.05, 0.1) is 0 Å². The predicted octanol–water partition coefficient (Wildman–Crippen LogP) is 4.47. The smallest absolute Gasteiger partial charge is 0.0247 e. The highest BCUT2D eigenvalue weighted by atomic mass is 79.9. The van der Waals surface area contributed by atoms with Crippen LogP contribution in [0.25, 0.3) is 0 Å². The van der Waals surface area contributed by atoms with Crippen LogP contribution < -0.4 is 5.32 Å². The van der Waals surface area contributed by atoms with Crippen LogP contribution in [0.5, 0.6) is 0 Å². The number of hydrogen-bond acceptors (Lipinski definition) is 2. The van der Waals surface area contributed by atoms with Gasteiger partial charge in [-0.25, -0.2) is 0 Å². The van der Waals surface area contributed by atoms with Crippen LogP contribution in [0.3, 0.4) is 0 Å². The lowest BCUT2D eigenvalue weighted by Gasteiger charge is -2.27. The zero-order chi connectivity index (χ0) is 14.7. The van der Waals surface area contributed by atoms with E-state index in [0.717, 1.165) is 25.2 Å². The van der Waals surface area contributed by atoms with Crippen molar-refractivity contribution in [3.05, 3.63) is 33.8 Å². The predicted molar refractivity (Wildman–Crippen MR) is 92.3 cm³/mol. The maximum absolute atomic E-state index is 3.78. The Labute approximate surface area is 137 Å². The molecular formula is C18H27BrN2. The van der Waals surface area contributed by atoms with Gasteiger partial charge in [0, 0.05) is 29.6 Å². The van der Waals surface area contributed by atoms with Gasteiger partial charge < -0.3 is 5.32 Å². The molecule has 2 fully saturated rings. The molecule has 1 atom stereocenters. The molecule has 1 unspecified atom stereocenters. The average Bonchev–Trinajstić information content (AvgIpc) is 3.29. The Morgan fingerprint density at radius 1 is 1.19 bits per heavy atom. The van der Waals surface area contributed by atoms with Gasteiger partial charge in [0.2, 0.25) is 0 Å². The maximum Gasteiger partial charge on any atom is 0.0247 e. The molecule has 0 amide bonds. The summed E-state index contributed by atoms with van der Waals surface area (Å²) in [6.07, 6.45) is 8.20. The normalized spacial score (nSPS) is 24.0. The number of benzene rings is 1. The van der Waals surface area contributed by atoms with Crippen LogP contribution in [0.1, 0.15) is 56.6 Å². The Morgan fingerprint density at radius 2 is 2.05 bits per heavy atom. The van der Waals surface area contributed by atoms with E-state index >= 15 is 0 Å². The van der Waals surface area contributed by atoms with E-state index in [0.29, 0.717) is 0 Å². The fraction of sp³-hybridized carbons (Fsp3) is 0.667. The summed E-state index contributed by atoms with van der Waals surface area (Å²) in [5, 5.41) is 3.59. The summed E-state index contributed by atoms with van der Waals surface area (Å²) in [5.41, 5.74) is 2.82. The Hall–Kier alpha value is -0.380. The molecule has 2 nitrogen and oxygen atoms in total. The topological polar surface area (TPSA) is 15.3 Å². The molecule has 0 aromatic heterocycles. The van der Waals surface area contributed by atoms with Crippen LogP contribution in [-0.4, -0.2) is 23.5 Å². The summed E-state index contributed by atoms with van der Waals surface area (Å²) < 4.78 is 1.27. The van der Waals surface area contributed by atoms with Crippen LogP contribution in [0.15, 0.2) is 22.7 Å². The fourth-order valence-corrected chi connectivity index (χ4v) is 3.72. The number of rotatable bonds is 5. The van der Waals surface area contributed by atoms with Gasteiger partial charge in [-0.05, 0) is 56.3 Å².